The second-order valence-electron chi connectivity index (χ2n) is 5.01. The van der Waals surface area contributed by atoms with E-state index in [9.17, 15) is 25.3 Å². The predicted molar refractivity (Wildman–Crippen MR) is 94.8 cm³/mol. The molecule has 0 radical (unpaired) electrons. The third kappa shape index (κ3) is 3.28. The molecule has 1 heterocycles. The van der Waals surface area contributed by atoms with Crippen LogP contribution in [0.1, 0.15) is 5.56 Å². The standard InChI is InChI=1S/C15H10N4O6S/c1-25-10-2-3-11-13(6-10)26-15(17-11)16-7-8-4-9(18(21)22)5-12(14(8)20)19(23)24/h2-7,20H,1H3. The molecule has 0 spiro atoms. The van der Waals surface area contributed by atoms with Crippen LogP contribution in [-0.2, 0) is 0 Å². The minimum Gasteiger partial charge on any atom is -0.502 e. The lowest BCUT2D eigenvalue weighted by Gasteiger charge is -2.00. The van der Waals surface area contributed by atoms with Crippen LogP contribution in [0.2, 0.25) is 0 Å². The Bertz CT molecular complexity index is 1060. The van der Waals surface area contributed by atoms with Crippen LogP contribution < -0.4 is 4.74 Å². The van der Waals surface area contributed by atoms with Gasteiger partial charge in [0.1, 0.15) is 5.75 Å². The van der Waals surface area contributed by atoms with Gasteiger partial charge in [-0.3, -0.25) is 20.2 Å². The van der Waals surface area contributed by atoms with Gasteiger partial charge in [0, 0.05) is 17.8 Å². The van der Waals surface area contributed by atoms with Crippen LogP contribution in [0.5, 0.6) is 11.5 Å². The molecule has 0 fully saturated rings. The molecule has 0 bridgehead atoms. The largest absolute Gasteiger partial charge is 0.502 e. The van der Waals surface area contributed by atoms with Crippen LogP contribution in [0.15, 0.2) is 35.3 Å². The summed E-state index contributed by atoms with van der Waals surface area (Å²) < 4.78 is 5.94. The number of non-ortho nitro benzene ring substituents is 1. The molecule has 0 saturated heterocycles. The van der Waals surface area contributed by atoms with Crippen molar-refractivity contribution in [2.75, 3.05) is 7.11 Å². The summed E-state index contributed by atoms with van der Waals surface area (Å²) in [4.78, 5) is 28.5. The highest BCUT2D eigenvalue weighted by Crippen LogP contribution is 2.35. The zero-order valence-electron chi connectivity index (χ0n) is 13.1. The molecule has 0 unspecified atom stereocenters. The maximum absolute atomic E-state index is 11.0. The lowest BCUT2D eigenvalue weighted by molar-refractivity contribution is -0.394. The zero-order valence-corrected chi connectivity index (χ0v) is 14.0. The number of methoxy groups -OCH3 is 1. The summed E-state index contributed by atoms with van der Waals surface area (Å²) in [5.41, 5.74) is -0.764. The van der Waals surface area contributed by atoms with Gasteiger partial charge in [-0.1, -0.05) is 11.3 Å². The highest BCUT2D eigenvalue weighted by Gasteiger charge is 2.23. The van der Waals surface area contributed by atoms with E-state index in [1.807, 2.05) is 0 Å². The quantitative estimate of drug-likeness (QED) is 0.408. The number of aromatic hydroxyl groups is 1. The zero-order chi connectivity index (χ0) is 18.8. The molecule has 0 amide bonds. The van der Waals surface area contributed by atoms with E-state index >= 15 is 0 Å². The first-order chi connectivity index (χ1) is 12.4. The van der Waals surface area contributed by atoms with Crippen molar-refractivity contribution in [3.8, 4) is 11.5 Å². The minimum absolute atomic E-state index is 0.150. The van der Waals surface area contributed by atoms with E-state index in [4.69, 9.17) is 4.74 Å². The number of phenolic OH excluding ortho intramolecular Hbond substituents is 1. The number of thiazole rings is 1. The molecule has 132 valence electrons. The minimum atomic E-state index is -0.899. The number of nitro groups is 2. The van der Waals surface area contributed by atoms with E-state index in [2.05, 4.69) is 9.98 Å². The van der Waals surface area contributed by atoms with Gasteiger partial charge in [-0.2, -0.15) is 0 Å². The first-order valence-corrected chi connectivity index (χ1v) is 7.85. The van der Waals surface area contributed by atoms with Crippen molar-refractivity contribution in [2.24, 2.45) is 4.99 Å². The topological polar surface area (TPSA) is 141 Å². The Morgan fingerprint density at radius 1 is 1.23 bits per heavy atom. The summed E-state index contributed by atoms with van der Waals surface area (Å²) in [6, 6.07) is 6.96. The number of hydrogen-bond acceptors (Lipinski definition) is 9. The molecule has 2 aromatic carbocycles. The summed E-state index contributed by atoms with van der Waals surface area (Å²) in [6.45, 7) is 0. The number of nitro benzene ring substituents is 2. The van der Waals surface area contributed by atoms with Gasteiger partial charge in [0.05, 0.1) is 33.2 Å². The molecule has 1 N–H and O–H groups in total. The molecule has 1 aromatic heterocycles. The number of nitrogens with zero attached hydrogens (tertiary/aromatic N) is 4. The lowest BCUT2D eigenvalue weighted by atomic mass is 10.1. The fraction of sp³-hybridized carbons (Fsp3) is 0.0667. The van der Waals surface area contributed by atoms with Gasteiger partial charge in [-0.05, 0) is 18.2 Å². The van der Waals surface area contributed by atoms with Gasteiger partial charge < -0.3 is 9.84 Å². The molecule has 0 atom stereocenters. The summed E-state index contributed by atoms with van der Waals surface area (Å²) in [5.74, 6) is -0.0456. The third-order valence-corrected chi connectivity index (χ3v) is 4.34. The van der Waals surface area contributed by atoms with Gasteiger partial charge in [-0.15, -0.1) is 0 Å². The van der Waals surface area contributed by atoms with Crippen molar-refractivity contribution < 1.29 is 19.7 Å². The summed E-state index contributed by atoms with van der Waals surface area (Å²) in [7, 11) is 1.54. The fourth-order valence-electron chi connectivity index (χ4n) is 2.17. The molecule has 11 heteroatoms. The number of phenols is 1. The van der Waals surface area contributed by atoms with Gasteiger partial charge in [0.15, 0.2) is 0 Å². The average molecular weight is 374 g/mol. The summed E-state index contributed by atoms with van der Waals surface area (Å²) in [6.07, 6.45) is 1.10. The first kappa shape index (κ1) is 17.2. The normalized spacial score (nSPS) is 11.1. The van der Waals surface area contributed by atoms with Crippen LogP contribution in [0.4, 0.5) is 16.5 Å². The molecule has 26 heavy (non-hydrogen) atoms. The first-order valence-electron chi connectivity index (χ1n) is 7.03. The lowest BCUT2D eigenvalue weighted by Crippen LogP contribution is -1.96. The van der Waals surface area contributed by atoms with Crippen molar-refractivity contribution in [3.05, 3.63) is 56.1 Å². The number of hydrogen-bond donors (Lipinski definition) is 1. The van der Waals surface area contributed by atoms with E-state index in [0.717, 1.165) is 17.0 Å². The number of benzene rings is 2. The van der Waals surface area contributed by atoms with Gasteiger partial charge >= 0.3 is 5.69 Å². The highest BCUT2D eigenvalue weighted by atomic mass is 32.1. The van der Waals surface area contributed by atoms with Crippen molar-refractivity contribution in [3.63, 3.8) is 0 Å². The number of fused-ring (bicyclic) bond motifs is 1. The van der Waals surface area contributed by atoms with Crippen LogP contribution in [0.3, 0.4) is 0 Å². The second-order valence-corrected chi connectivity index (χ2v) is 6.01. The second kappa shape index (κ2) is 6.72. The summed E-state index contributed by atoms with van der Waals surface area (Å²) in [5, 5.41) is 32.2. The van der Waals surface area contributed by atoms with Gasteiger partial charge in [0.2, 0.25) is 10.9 Å². The van der Waals surface area contributed by atoms with Crippen LogP contribution in [-0.4, -0.2) is 33.3 Å². The number of aliphatic imine (C=N–C) groups is 1. The van der Waals surface area contributed by atoms with Crippen LogP contribution in [0, 0.1) is 20.2 Å². The number of ether oxygens (including phenoxy) is 1. The van der Waals surface area contributed by atoms with Crippen LogP contribution >= 0.6 is 11.3 Å². The molecule has 0 aliphatic heterocycles. The van der Waals surface area contributed by atoms with E-state index in [0.29, 0.717) is 22.5 Å². The maximum atomic E-state index is 11.0. The molecule has 3 aromatic rings. The van der Waals surface area contributed by atoms with Gasteiger partial charge in [-0.25, -0.2) is 9.98 Å². The molecule has 3 rings (SSSR count). The van der Waals surface area contributed by atoms with E-state index in [1.165, 1.54) is 11.3 Å². The van der Waals surface area contributed by atoms with E-state index < -0.39 is 27.0 Å². The van der Waals surface area contributed by atoms with E-state index in [1.54, 1.807) is 25.3 Å². The Balaban J connectivity index is 2.02. The summed E-state index contributed by atoms with van der Waals surface area (Å²) >= 11 is 1.23. The van der Waals surface area contributed by atoms with Crippen molar-refractivity contribution >= 4 is 44.3 Å². The van der Waals surface area contributed by atoms with Crippen molar-refractivity contribution in [1.29, 1.82) is 0 Å². The van der Waals surface area contributed by atoms with Crippen molar-refractivity contribution in [2.45, 2.75) is 0 Å². The Labute approximate surface area is 149 Å². The number of rotatable bonds is 5. The highest BCUT2D eigenvalue weighted by molar-refractivity contribution is 7.22. The number of aromatic nitrogens is 1. The van der Waals surface area contributed by atoms with E-state index in [-0.39, 0.29) is 5.56 Å². The average Bonchev–Trinajstić information content (AvgIpc) is 3.02. The monoisotopic (exact) mass is 374 g/mol. The smallest absolute Gasteiger partial charge is 0.318 e. The van der Waals surface area contributed by atoms with Crippen molar-refractivity contribution in [1.82, 2.24) is 4.98 Å². The molecular weight excluding hydrogens is 364 g/mol. The fourth-order valence-corrected chi connectivity index (χ4v) is 3.01. The van der Waals surface area contributed by atoms with Gasteiger partial charge in [0.25, 0.3) is 5.69 Å². The SMILES string of the molecule is COc1ccc2nc(N=Cc3cc([N+](=O)[O-])cc([N+](=O)[O-])c3O)sc2c1. The molecular formula is C15H10N4O6S. The maximum Gasteiger partial charge on any atom is 0.318 e. The molecule has 0 aliphatic carbocycles. The Hall–Kier alpha value is -3.60. The third-order valence-electron chi connectivity index (χ3n) is 3.41. The molecule has 0 saturated carbocycles. The Morgan fingerprint density at radius 3 is 2.65 bits per heavy atom. The molecule has 0 aliphatic rings. The molecule has 10 nitrogen and oxygen atoms in total. The Morgan fingerprint density at radius 2 is 2.00 bits per heavy atom. The Kier molecular flexibility index (Phi) is 4.45. The predicted octanol–water partition coefficient (Wildman–Crippen LogP) is 3.58. The van der Waals surface area contributed by atoms with Crippen LogP contribution in [0.25, 0.3) is 10.2 Å².